The summed E-state index contributed by atoms with van der Waals surface area (Å²) in [6, 6.07) is 10.7. The molecule has 1 aromatic carbocycles. The van der Waals surface area contributed by atoms with Crippen LogP contribution in [0.5, 0.6) is 5.75 Å². The molecule has 3 rings (SSSR count). The van der Waals surface area contributed by atoms with Gasteiger partial charge in [0.15, 0.2) is 0 Å². The summed E-state index contributed by atoms with van der Waals surface area (Å²) < 4.78 is 12.1. The molecule has 2 aromatic heterocycles. The van der Waals surface area contributed by atoms with E-state index in [1.807, 2.05) is 24.3 Å². The number of benzene rings is 1. The van der Waals surface area contributed by atoms with Crippen LogP contribution in [0.2, 0.25) is 0 Å². The molecule has 2 N–H and O–H groups in total. The van der Waals surface area contributed by atoms with Gasteiger partial charge in [-0.1, -0.05) is 0 Å². The summed E-state index contributed by atoms with van der Waals surface area (Å²) in [6.07, 6.45) is 1.54. The van der Waals surface area contributed by atoms with E-state index in [4.69, 9.17) is 9.15 Å². The van der Waals surface area contributed by atoms with Crippen LogP contribution in [0.25, 0.3) is 11.0 Å². The molecule has 2 heterocycles. The van der Waals surface area contributed by atoms with E-state index in [2.05, 4.69) is 5.32 Å². The van der Waals surface area contributed by atoms with Crippen molar-refractivity contribution >= 4 is 28.4 Å². The summed E-state index contributed by atoms with van der Waals surface area (Å²) in [5, 5.41) is 13.4. The average Bonchev–Trinajstić information content (AvgIpc) is 2.98. The van der Waals surface area contributed by atoms with Crippen LogP contribution in [0, 0.1) is 0 Å². The third-order valence-corrected chi connectivity index (χ3v) is 3.49. The number of nitrogens with zero attached hydrogens (tertiary/aromatic N) is 1. The quantitative estimate of drug-likeness (QED) is 0.724. The monoisotopic (exact) mass is 299 g/mol. The van der Waals surface area contributed by atoms with E-state index < -0.39 is 5.97 Å². The number of fused-ring (bicyclic) bond motifs is 1. The van der Waals surface area contributed by atoms with Gasteiger partial charge in [-0.2, -0.15) is 0 Å². The van der Waals surface area contributed by atoms with Gasteiger partial charge in [-0.3, -0.25) is 0 Å². The Bertz CT molecular complexity index is 837. The van der Waals surface area contributed by atoms with Gasteiger partial charge >= 0.3 is 5.97 Å². The largest absolute Gasteiger partial charge is 0.497 e. The van der Waals surface area contributed by atoms with Gasteiger partial charge in [0, 0.05) is 6.07 Å². The van der Waals surface area contributed by atoms with E-state index >= 15 is 0 Å². The molecule has 0 atom stereocenters. The molecule has 0 unspecified atom stereocenters. The molecule has 3 aromatic rings. The lowest BCUT2D eigenvalue weighted by molar-refractivity contribution is -0.658. The van der Waals surface area contributed by atoms with Crippen molar-refractivity contribution < 1.29 is 23.6 Å². The Morgan fingerprint density at radius 1 is 1.27 bits per heavy atom. The number of pyridine rings is 1. The second kappa shape index (κ2) is 5.40. The number of anilines is 2. The minimum absolute atomic E-state index is 0.137. The maximum atomic E-state index is 11.4. The lowest BCUT2D eigenvalue weighted by atomic mass is 10.2. The molecular weight excluding hydrogens is 284 g/mol. The highest BCUT2D eigenvalue weighted by Crippen LogP contribution is 2.26. The minimum atomic E-state index is -1.02. The van der Waals surface area contributed by atoms with Crippen molar-refractivity contribution in [2.24, 2.45) is 7.05 Å². The highest BCUT2D eigenvalue weighted by Gasteiger charge is 2.22. The fourth-order valence-corrected chi connectivity index (χ4v) is 2.32. The number of ether oxygens (including phenoxy) is 1. The zero-order valence-electron chi connectivity index (χ0n) is 12.2. The van der Waals surface area contributed by atoms with E-state index in [9.17, 15) is 9.90 Å². The van der Waals surface area contributed by atoms with Gasteiger partial charge in [0.25, 0.3) is 5.82 Å². The van der Waals surface area contributed by atoms with Crippen LogP contribution < -0.4 is 14.6 Å². The molecule has 0 aliphatic rings. The molecular formula is C16H15N2O4+. The minimum Gasteiger partial charge on any atom is -0.497 e. The second-order valence-corrected chi connectivity index (χ2v) is 4.79. The van der Waals surface area contributed by atoms with E-state index in [1.54, 1.807) is 24.8 Å². The Balaban J connectivity index is 2.09. The van der Waals surface area contributed by atoms with Crippen molar-refractivity contribution in [3.8, 4) is 5.75 Å². The summed E-state index contributed by atoms with van der Waals surface area (Å²) in [4.78, 5) is 11.4. The van der Waals surface area contributed by atoms with Crippen molar-refractivity contribution in [1.82, 2.24) is 0 Å². The number of methoxy groups -OCH3 is 1. The SMILES string of the molecule is COc1ccc(Nc2c3ccoc3cc(C(=O)O)[n+]2C)cc1. The molecule has 112 valence electrons. The Labute approximate surface area is 126 Å². The number of aromatic nitrogens is 1. The molecule has 0 amide bonds. The summed E-state index contributed by atoms with van der Waals surface area (Å²) >= 11 is 0. The molecule has 0 saturated heterocycles. The van der Waals surface area contributed by atoms with Crippen LogP contribution >= 0.6 is 0 Å². The fourth-order valence-electron chi connectivity index (χ4n) is 2.32. The number of furan rings is 1. The van der Waals surface area contributed by atoms with Crippen molar-refractivity contribution in [2.75, 3.05) is 12.4 Å². The van der Waals surface area contributed by atoms with Gasteiger partial charge in [0.05, 0.1) is 20.4 Å². The highest BCUT2D eigenvalue weighted by atomic mass is 16.5. The third-order valence-electron chi connectivity index (χ3n) is 3.49. The van der Waals surface area contributed by atoms with E-state index in [0.29, 0.717) is 11.4 Å². The van der Waals surface area contributed by atoms with Gasteiger partial charge in [-0.05, 0) is 30.3 Å². The molecule has 22 heavy (non-hydrogen) atoms. The summed E-state index contributed by atoms with van der Waals surface area (Å²) in [6.45, 7) is 0. The van der Waals surface area contributed by atoms with E-state index in [0.717, 1.165) is 16.8 Å². The van der Waals surface area contributed by atoms with Crippen LogP contribution in [0.3, 0.4) is 0 Å². The van der Waals surface area contributed by atoms with Crippen LogP contribution in [-0.2, 0) is 7.05 Å². The zero-order valence-corrected chi connectivity index (χ0v) is 12.2. The second-order valence-electron chi connectivity index (χ2n) is 4.79. The van der Waals surface area contributed by atoms with Gasteiger partial charge in [-0.25, -0.2) is 14.7 Å². The molecule has 0 saturated carbocycles. The third kappa shape index (κ3) is 2.35. The fraction of sp³-hybridized carbons (Fsp3) is 0.125. The van der Waals surface area contributed by atoms with Crippen molar-refractivity contribution in [1.29, 1.82) is 0 Å². The first-order chi connectivity index (χ1) is 10.6. The molecule has 0 spiro atoms. The van der Waals surface area contributed by atoms with Crippen molar-refractivity contribution in [2.45, 2.75) is 0 Å². The number of hydrogen-bond donors (Lipinski definition) is 2. The van der Waals surface area contributed by atoms with Gasteiger partial charge in [0.2, 0.25) is 5.69 Å². The highest BCUT2D eigenvalue weighted by molar-refractivity contribution is 5.93. The average molecular weight is 299 g/mol. The molecule has 0 aliphatic heterocycles. The Morgan fingerprint density at radius 3 is 2.64 bits per heavy atom. The Kier molecular flexibility index (Phi) is 3.42. The van der Waals surface area contributed by atoms with E-state index in [1.165, 1.54) is 12.3 Å². The lowest BCUT2D eigenvalue weighted by Gasteiger charge is -2.07. The smallest absolute Gasteiger partial charge is 0.376 e. The molecule has 0 aliphatic carbocycles. The number of rotatable bonds is 4. The summed E-state index contributed by atoms with van der Waals surface area (Å²) in [7, 11) is 3.30. The molecule has 0 radical (unpaired) electrons. The number of hydrogen-bond acceptors (Lipinski definition) is 4. The predicted molar refractivity (Wildman–Crippen MR) is 80.6 cm³/mol. The van der Waals surface area contributed by atoms with Gasteiger partial charge < -0.3 is 14.3 Å². The first-order valence-electron chi connectivity index (χ1n) is 6.65. The van der Waals surface area contributed by atoms with Crippen LogP contribution in [0.15, 0.2) is 47.1 Å². The molecule has 0 bridgehead atoms. The normalized spacial score (nSPS) is 10.6. The summed E-state index contributed by atoms with van der Waals surface area (Å²) in [5.41, 5.74) is 1.48. The van der Waals surface area contributed by atoms with E-state index in [-0.39, 0.29) is 5.69 Å². The van der Waals surface area contributed by atoms with Crippen LogP contribution in [0.1, 0.15) is 10.5 Å². The first kappa shape index (κ1) is 13.9. The lowest BCUT2D eigenvalue weighted by Crippen LogP contribution is -2.38. The van der Waals surface area contributed by atoms with Crippen molar-refractivity contribution in [3.63, 3.8) is 0 Å². The number of carbonyl (C=O) groups is 1. The maximum Gasteiger partial charge on any atom is 0.376 e. The van der Waals surface area contributed by atoms with Gasteiger partial charge in [0.1, 0.15) is 22.4 Å². The maximum absolute atomic E-state index is 11.4. The molecule has 6 heteroatoms. The molecule has 6 nitrogen and oxygen atoms in total. The topological polar surface area (TPSA) is 75.6 Å². The Morgan fingerprint density at radius 2 is 2.00 bits per heavy atom. The number of carboxylic acids is 1. The number of aromatic carboxylic acids is 1. The zero-order chi connectivity index (χ0) is 15.7. The number of carboxylic acid groups (broad SMARTS) is 1. The Hall–Kier alpha value is -3.02. The van der Waals surface area contributed by atoms with Crippen molar-refractivity contribution in [3.05, 3.63) is 48.4 Å². The predicted octanol–water partition coefficient (Wildman–Crippen LogP) is 2.71. The van der Waals surface area contributed by atoms with Crippen LogP contribution in [-0.4, -0.2) is 18.2 Å². The van der Waals surface area contributed by atoms with Gasteiger partial charge in [-0.15, -0.1) is 0 Å². The standard InChI is InChI=1S/C16H14N2O4/c1-18-13(16(19)20)9-14-12(7-8-22-14)15(18)17-10-3-5-11(21-2)6-4-10/h3-9H,1-2H3,(H,19,20)/p+1. The summed E-state index contributed by atoms with van der Waals surface area (Å²) in [5.74, 6) is 0.384. The first-order valence-corrected chi connectivity index (χ1v) is 6.65. The molecule has 0 fully saturated rings. The number of nitrogens with one attached hydrogen (secondary N) is 1. The van der Waals surface area contributed by atoms with Crippen LogP contribution in [0.4, 0.5) is 11.5 Å².